The third-order valence-corrected chi connectivity index (χ3v) is 6.57. The molecule has 6 rings (SSSR count). The fourth-order valence-electron chi connectivity index (χ4n) is 4.21. The van der Waals surface area contributed by atoms with Crippen LogP contribution in [-0.4, -0.2) is 38.0 Å². The molecule has 0 unspecified atom stereocenters. The zero-order chi connectivity index (χ0) is 25.4. The first kappa shape index (κ1) is 22.9. The minimum Gasteiger partial charge on any atom is -0.487 e. The predicted octanol–water partition coefficient (Wildman–Crippen LogP) is 6.09. The van der Waals surface area contributed by atoms with Crippen molar-refractivity contribution in [2.24, 2.45) is 0 Å². The summed E-state index contributed by atoms with van der Waals surface area (Å²) >= 11 is 3.44. The van der Waals surface area contributed by atoms with Crippen molar-refractivity contribution >= 4 is 43.7 Å². The zero-order valence-corrected chi connectivity index (χ0v) is 21.3. The third-order valence-electron chi connectivity index (χ3n) is 6.04. The summed E-state index contributed by atoms with van der Waals surface area (Å²) in [5, 5.41) is 10.3. The van der Waals surface area contributed by atoms with E-state index in [9.17, 15) is 4.79 Å². The Bertz CT molecular complexity index is 1740. The highest BCUT2D eigenvalue weighted by Crippen LogP contribution is 2.33. The first-order valence-corrected chi connectivity index (χ1v) is 12.3. The van der Waals surface area contributed by atoms with Gasteiger partial charge in [0.25, 0.3) is 0 Å². The fraction of sp³-hybridized carbons (Fsp3) is 0.0714. The molecule has 0 fully saturated rings. The maximum atomic E-state index is 12.4. The Morgan fingerprint density at radius 1 is 1.00 bits per heavy atom. The maximum absolute atomic E-state index is 12.4. The van der Waals surface area contributed by atoms with Gasteiger partial charge in [0.05, 0.1) is 30.2 Å². The quantitative estimate of drug-likeness (QED) is 0.251. The van der Waals surface area contributed by atoms with Crippen molar-refractivity contribution in [1.29, 1.82) is 0 Å². The second-order valence-corrected chi connectivity index (χ2v) is 9.30. The van der Waals surface area contributed by atoms with Gasteiger partial charge in [0.15, 0.2) is 0 Å². The molecule has 0 bridgehead atoms. The molecular weight excluding hydrogens is 534 g/mol. The number of aromatic amines is 1. The van der Waals surface area contributed by atoms with E-state index < -0.39 is 5.97 Å². The van der Waals surface area contributed by atoms with E-state index in [1.54, 1.807) is 10.7 Å². The van der Waals surface area contributed by atoms with Crippen molar-refractivity contribution in [3.63, 3.8) is 0 Å². The van der Waals surface area contributed by atoms with Crippen LogP contribution in [0.3, 0.4) is 0 Å². The van der Waals surface area contributed by atoms with Crippen molar-refractivity contribution in [2.45, 2.75) is 6.61 Å². The molecule has 0 atom stereocenters. The molecule has 37 heavy (non-hydrogen) atoms. The number of methoxy groups -OCH3 is 1. The number of ether oxygens (including phenoxy) is 2. The summed E-state index contributed by atoms with van der Waals surface area (Å²) in [6, 6.07) is 25.1. The second kappa shape index (κ2) is 9.51. The lowest BCUT2D eigenvalue weighted by Crippen LogP contribution is -2.05. The van der Waals surface area contributed by atoms with Gasteiger partial charge in [-0.05, 0) is 60.7 Å². The van der Waals surface area contributed by atoms with Gasteiger partial charge >= 0.3 is 5.97 Å². The smallest absolute Gasteiger partial charge is 0.356 e. The van der Waals surface area contributed by atoms with Crippen LogP contribution in [0, 0.1) is 0 Å². The standard InChI is InChI=1S/C28H20BrN5O3/c1-36-28(35)25-14-23-22-4-2-3-5-24(22)30-27(23)26(31-25)17-6-12-21(13-7-17)37-16-19-15-34(33-32-19)20-10-8-18(29)9-11-20/h2-15,30H,16H2,1H3. The number of aromatic nitrogens is 5. The van der Waals surface area contributed by atoms with Crippen LogP contribution in [0.5, 0.6) is 5.75 Å². The van der Waals surface area contributed by atoms with Crippen LogP contribution >= 0.6 is 15.9 Å². The molecule has 0 amide bonds. The van der Waals surface area contributed by atoms with Crippen molar-refractivity contribution in [3.8, 4) is 22.7 Å². The van der Waals surface area contributed by atoms with Crippen LogP contribution in [0.1, 0.15) is 16.2 Å². The highest BCUT2D eigenvalue weighted by Gasteiger charge is 2.17. The highest BCUT2D eigenvalue weighted by atomic mass is 79.9. The normalized spacial score (nSPS) is 11.2. The first-order valence-electron chi connectivity index (χ1n) is 11.5. The summed E-state index contributed by atoms with van der Waals surface area (Å²) in [6.07, 6.45) is 1.84. The number of hydrogen-bond acceptors (Lipinski definition) is 6. The molecule has 0 saturated carbocycles. The Balaban J connectivity index is 1.26. The number of rotatable bonds is 6. The van der Waals surface area contributed by atoms with Gasteiger partial charge < -0.3 is 14.5 Å². The van der Waals surface area contributed by atoms with Gasteiger partial charge in [-0.1, -0.05) is 39.3 Å². The number of pyridine rings is 1. The van der Waals surface area contributed by atoms with E-state index >= 15 is 0 Å². The Morgan fingerprint density at radius 2 is 1.78 bits per heavy atom. The van der Waals surface area contributed by atoms with Crippen molar-refractivity contribution in [1.82, 2.24) is 25.0 Å². The Kier molecular flexibility index (Phi) is 5.90. The van der Waals surface area contributed by atoms with Crippen molar-refractivity contribution < 1.29 is 14.3 Å². The molecule has 0 radical (unpaired) electrons. The van der Waals surface area contributed by atoms with Crippen LogP contribution in [-0.2, 0) is 11.3 Å². The lowest BCUT2D eigenvalue weighted by Gasteiger charge is -2.08. The van der Waals surface area contributed by atoms with Crippen LogP contribution in [0.15, 0.2) is 89.5 Å². The lowest BCUT2D eigenvalue weighted by molar-refractivity contribution is 0.0594. The third kappa shape index (κ3) is 4.45. The number of esters is 1. The molecule has 0 aliphatic rings. The van der Waals surface area contributed by atoms with Gasteiger partial charge in [-0.15, -0.1) is 5.10 Å². The molecule has 6 aromatic rings. The van der Waals surface area contributed by atoms with E-state index in [1.807, 2.05) is 79.0 Å². The van der Waals surface area contributed by atoms with Crippen LogP contribution < -0.4 is 4.74 Å². The van der Waals surface area contributed by atoms with Gasteiger partial charge in [0, 0.05) is 26.3 Å². The van der Waals surface area contributed by atoms with Gasteiger partial charge in [0.2, 0.25) is 0 Å². The van der Waals surface area contributed by atoms with Gasteiger partial charge in [0.1, 0.15) is 23.7 Å². The molecule has 3 heterocycles. The number of hydrogen-bond donors (Lipinski definition) is 1. The number of H-pyrrole nitrogens is 1. The molecule has 3 aromatic heterocycles. The number of halogens is 1. The second-order valence-electron chi connectivity index (χ2n) is 8.38. The molecule has 8 nitrogen and oxygen atoms in total. The summed E-state index contributed by atoms with van der Waals surface area (Å²) in [5.41, 5.74) is 5.21. The fourth-order valence-corrected chi connectivity index (χ4v) is 4.48. The molecule has 0 spiro atoms. The van der Waals surface area contributed by atoms with Crippen LogP contribution in [0.4, 0.5) is 0 Å². The monoisotopic (exact) mass is 553 g/mol. The minimum absolute atomic E-state index is 0.254. The minimum atomic E-state index is -0.482. The van der Waals surface area contributed by atoms with E-state index in [1.165, 1.54) is 7.11 Å². The summed E-state index contributed by atoms with van der Waals surface area (Å²) in [4.78, 5) is 20.4. The van der Waals surface area contributed by atoms with Crippen LogP contribution in [0.25, 0.3) is 38.8 Å². The average Bonchev–Trinajstić information content (AvgIpc) is 3.56. The summed E-state index contributed by atoms with van der Waals surface area (Å²) in [5.74, 6) is 0.198. The predicted molar refractivity (Wildman–Crippen MR) is 144 cm³/mol. The number of carbonyl (C=O) groups excluding carboxylic acids is 1. The highest BCUT2D eigenvalue weighted by molar-refractivity contribution is 9.10. The number of nitrogens with one attached hydrogen (secondary N) is 1. The molecule has 3 aromatic carbocycles. The van der Waals surface area contributed by atoms with E-state index in [-0.39, 0.29) is 12.3 Å². The Hall–Kier alpha value is -4.50. The number of carbonyl (C=O) groups is 1. The molecule has 0 saturated heterocycles. The summed E-state index contributed by atoms with van der Waals surface area (Å²) in [6.45, 7) is 0.276. The molecule has 0 aliphatic heterocycles. The molecule has 9 heteroatoms. The Labute approximate surface area is 220 Å². The van der Waals surface area contributed by atoms with E-state index in [2.05, 4.69) is 36.2 Å². The number of nitrogens with zero attached hydrogens (tertiary/aromatic N) is 4. The van der Waals surface area contributed by atoms with Gasteiger partial charge in [-0.2, -0.15) is 0 Å². The molecule has 182 valence electrons. The van der Waals surface area contributed by atoms with Gasteiger partial charge in [-0.3, -0.25) is 0 Å². The summed E-state index contributed by atoms with van der Waals surface area (Å²) in [7, 11) is 1.35. The SMILES string of the molecule is COC(=O)c1cc2c([nH]c3ccccc32)c(-c2ccc(OCc3cn(-c4ccc(Br)cc4)nn3)cc2)n1. The zero-order valence-electron chi connectivity index (χ0n) is 19.7. The topological polar surface area (TPSA) is 94.9 Å². The molecule has 0 aliphatic carbocycles. The van der Waals surface area contributed by atoms with E-state index in [0.717, 1.165) is 37.5 Å². The van der Waals surface area contributed by atoms with E-state index in [0.29, 0.717) is 17.1 Å². The molecular formula is C28H20BrN5O3. The average molecular weight is 554 g/mol. The van der Waals surface area contributed by atoms with Crippen molar-refractivity contribution in [2.75, 3.05) is 7.11 Å². The molecule has 1 N–H and O–H groups in total. The number of benzene rings is 3. The van der Waals surface area contributed by atoms with Crippen molar-refractivity contribution in [3.05, 3.63) is 101 Å². The van der Waals surface area contributed by atoms with Crippen LogP contribution in [0.2, 0.25) is 0 Å². The first-order chi connectivity index (χ1) is 18.1. The summed E-state index contributed by atoms with van der Waals surface area (Å²) < 4.78 is 13.6. The van der Waals surface area contributed by atoms with Gasteiger partial charge in [-0.25, -0.2) is 14.5 Å². The Morgan fingerprint density at radius 3 is 2.57 bits per heavy atom. The largest absolute Gasteiger partial charge is 0.487 e. The number of para-hydroxylation sites is 1. The maximum Gasteiger partial charge on any atom is 0.356 e. The number of fused-ring (bicyclic) bond motifs is 3. The van der Waals surface area contributed by atoms with E-state index in [4.69, 9.17) is 9.47 Å². The lowest BCUT2D eigenvalue weighted by atomic mass is 10.1.